The molecule has 0 radical (unpaired) electrons. The zero-order valence-electron chi connectivity index (χ0n) is 9.55. The SMILES string of the molecule is CC(C)(C)N=C(N)CSC1CCCC1. The van der Waals surface area contributed by atoms with Crippen molar-refractivity contribution in [3.05, 3.63) is 0 Å². The molecule has 0 heterocycles. The van der Waals surface area contributed by atoms with E-state index in [1.807, 2.05) is 11.8 Å². The van der Waals surface area contributed by atoms with Crippen molar-refractivity contribution in [2.75, 3.05) is 5.75 Å². The first-order valence-electron chi connectivity index (χ1n) is 5.43. The minimum Gasteiger partial charge on any atom is -0.387 e. The van der Waals surface area contributed by atoms with Crippen LogP contribution in [0.2, 0.25) is 0 Å². The van der Waals surface area contributed by atoms with E-state index in [0.717, 1.165) is 16.8 Å². The summed E-state index contributed by atoms with van der Waals surface area (Å²) in [4.78, 5) is 4.44. The zero-order chi connectivity index (χ0) is 10.6. The molecule has 1 rings (SSSR count). The Morgan fingerprint density at radius 1 is 1.36 bits per heavy atom. The summed E-state index contributed by atoms with van der Waals surface area (Å²) in [6, 6.07) is 0. The molecule has 0 atom stereocenters. The molecular formula is C11H22N2S. The molecule has 0 aromatic carbocycles. The Morgan fingerprint density at radius 2 is 1.93 bits per heavy atom. The molecule has 2 nitrogen and oxygen atoms in total. The number of hydrogen-bond donors (Lipinski definition) is 1. The second-order valence-electron chi connectivity index (χ2n) is 4.99. The highest BCUT2D eigenvalue weighted by atomic mass is 32.2. The molecule has 82 valence electrons. The summed E-state index contributed by atoms with van der Waals surface area (Å²) in [5.41, 5.74) is 5.84. The topological polar surface area (TPSA) is 38.4 Å². The van der Waals surface area contributed by atoms with Gasteiger partial charge < -0.3 is 5.73 Å². The standard InChI is InChI=1S/C11H22N2S/c1-11(2,3)13-10(12)8-14-9-6-4-5-7-9/h9H,4-8H2,1-3H3,(H2,12,13). The maximum Gasteiger partial charge on any atom is 0.104 e. The minimum absolute atomic E-state index is 0.0275. The Bertz CT molecular complexity index is 200. The van der Waals surface area contributed by atoms with Crippen LogP contribution in [0.3, 0.4) is 0 Å². The first-order chi connectivity index (χ1) is 6.47. The van der Waals surface area contributed by atoms with E-state index in [1.165, 1.54) is 25.7 Å². The van der Waals surface area contributed by atoms with Crippen LogP contribution >= 0.6 is 11.8 Å². The molecule has 3 heteroatoms. The molecular weight excluding hydrogens is 192 g/mol. The maximum absolute atomic E-state index is 5.87. The summed E-state index contributed by atoms with van der Waals surface area (Å²) in [7, 11) is 0. The maximum atomic E-state index is 5.87. The quantitative estimate of drug-likeness (QED) is 0.579. The molecule has 0 aliphatic heterocycles. The highest BCUT2D eigenvalue weighted by Crippen LogP contribution is 2.29. The Balaban J connectivity index is 2.26. The Morgan fingerprint density at radius 3 is 2.43 bits per heavy atom. The number of rotatable bonds is 3. The van der Waals surface area contributed by atoms with Gasteiger partial charge in [0.05, 0.1) is 11.3 Å². The van der Waals surface area contributed by atoms with E-state index in [9.17, 15) is 0 Å². The van der Waals surface area contributed by atoms with Crippen LogP contribution in [-0.4, -0.2) is 22.4 Å². The van der Waals surface area contributed by atoms with Crippen molar-refractivity contribution in [1.82, 2.24) is 0 Å². The molecule has 0 aromatic heterocycles. The summed E-state index contributed by atoms with van der Waals surface area (Å²) >= 11 is 1.98. The first kappa shape index (κ1) is 11.9. The second kappa shape index (κ2) is 5.06. The van der Waals surface area contributed by atoms with Gasteiger partial charge in [0.2, 0.25) is 0 Å². The Labute approximate surface area is 91.7 Å². The molecule has 1 aliphatic rings. The van der Waals surface area contributed by atoms with Gasteiger partial charge in [-0.3, -0.25) is 4.99 Å². The van der Waals surface area contributed by atoms with Crippen LogP contribution < -0.4 is 5.73 Å². The molecule has 0 aromatic rings. The Kier molecular flexibility index (Phi) is 4.30. The lowest BCUT2D eigenvalue weighted by molar-refractivity contribution is 0.583. The predicted octanol–water partition coefficient (Wildman–Crippen LogP) is 2.82. The van der Waals surface area contributed by atoms with Gasteiger partial charge in [0, 0.05) is 5.25 Å². The number of nitrogens with zero attached hydrogens (tertiary/aromatic N) is 1. The number of aliphatic imine (C=N–C) groups is 1. The Hall–Kier alpha value is -0.180. The van der Waals surface area contributed by atoms with Crippen LogP contribution in [0.5, 0.6) is 0 Å². The van der Waals surface area contributed by atoms with Crippen molar-refractivity contribution in [3.63, 3.8) is 0 Å². The largest absolute Gasteiger partial charge is 0.387 e. The van der Waals surface area contributed by atoms with Crippen molar-refractivity contribution in [3.8, 4) is 0 Å². The van der Waals surface area contributed by atoms with Gasteiger partial charge >= 0.3 is 0 Å². The summed E-state index contributed by atoms with van der Waals surface area (Å²) in [6.07, 6.45) is 5.53. The lowest BCUT2D eigenvalue weighted by Crippen LogP contribution is -2.23. The van der Waals surface area contributed by atoms with Gasteiger partial charge in [-0.2, -0.15) is 11.8 Å². The molecule has 0 bridgehead atoms. The highest BCUT2D eigenvalue weighted by molar-refractivity contribution is 8.00. The van der Waals surface area contributed by atoms with E-state index < -0.39 is 0 Å². The highest BCUT2D eigenvalue weighted by Gasteiger charge is 2.16. The first-order valence-corrected chi connectivity index (χ1v) is 6.48. The van der Waals surface area contributed by atoms with E-state index in [1.54, 1.807) is 0 Å². The smallest absolute Gasteiger partial charge is 0.104 e. The van der Waals surface area contributed by atoms with Gasteiger partial charge in [0.25, 0.3) is 0 Å². The molecule has 1 aliphatic carbocycles. The van der Waals surface area contributed by atoms with Crippen LogP contribution in [0.1, 0.15) is 46.5 Å². The molecule has 1 saturated carbocycles. The van der Waals surface area contributed by atoms with Gasteiger partial charge in [-0.05, 0) is 33.6 Å². The van der Waals surface area contributed by atoms with E-state index in [4.69, 9.17) is 5.73 Å². The van der Waals surface area contributed by atoms with E-state index >= 15 is 0 Å². The number of thioether (sulfide) groups is 1. The normalized spacial score (nSPS) is 20.4. The van der Waals surface area contributed by atoms with Gasteiger partial charge in [0.1, 0.15) is 5.84 Å². The fourth-order valence-corrected chi connectivity index (χ4v) is 2.86. The molecule has 1 fully saturated rings. The molecule has 14 heavy (non-hydrogen) atoms. The number of amidine groups is 1. The second-order valence-corrected chi connectivity index (χ2v) is 6.28. The average Bonchev–Trinajstić information content (AvgIpc) is 2.49. The van der Waals surface area contributed by atoms with E-state index in [-0.39, 0.29) is 5.54 Å². The van der Waals surface area contributed by atoms with Crippen LogP contribution in [-0.2, 0) is 0 Å². The molecule has 0 amide bonds. The van der Waals surface area contributed by atoms with Crippen LogP contribution in [0, 0.1) is 0 Å². The minimum atomic E-state index is -0.0275. The summed E-state index contributed by atoms with van der Waals surface area (Å²) in [5.74, 6) is 1.71. The fraction of sp³-hybridized carbons (Fsp3) is 0.909. The predicted molar refractivity (Wildman–Crippen MR) is 66.1 cm³/mol. The molecule has 0 saturated heterocycles. The van der Waals surface area contributed by atoms with Crippen molar-refractivity contribution in [1.29, 1.82) is 0 Å². The number of hydrogen-bond acceptors (Lipinski definition) is 2. The zero-order valence-corrected chi connectivity index (χ0v) is 10.4. The average molecular weight is 214 g/mol. The number of nitrogens with two attached hydrogens (primary N) is 1. The van der Waals surface area contributed by atoms with Crippen molar-refractivity contribution in [2.45, 2.75) is 57.2 Å². The third kappa shape index (κ3) is 4.89. The van der Waals surface area contributed by atoms with Gasteiger partial charge in [0.15, 0.2) is 0 Å². The van der Waals surface area contributed by atoms with Crippen LogP contribution in [0.4, 0.5) is 0 Å². The monoisotopic (exact) mass is 214 g/mol. The molecule has 2 N–H and O–H groups in total. The lowest BCUT2D eigenvalue weighted by atomic mass is 10.1. The third-order valence-corrected chi connectivity index (χ3v) is 3.65. The molecule has 0 spiro atoms. The van der Waals surface area contributed by atoms with Crippen LogP contribution in [0.15, 0.2) is 4.99 Å². The van der Waals surface area contributed by atoms with Gasteiger partial charge in [-0.1, -0.05) is 12.8 Å². The fourth-order valence-electron chi connectivity index (χ4n) is 1.72. The lowest BCUT2D eigenvalue weighted by Gasteiger charge is -2.14. The van der Waals surface area contributed by atoms with Crippen LogP contribution in [0.25, 0.3) is 0 Å². The van der Waals surface area contributed by atoms with E-state index in [2.05, 4.69) is 25.8 Å². The molecule has 0 unspecified atom stereocenters. The van der Waals surface area contributed by atoms with Gasteiger partial charge in [-0.15, -0.1) is 0 Å². The van der Waals surface area contributed by atoms with Gasteiger partial charge in [-0.25, -0.2) is 0 Å². The van der Waals surface area contributed by atoms with Crippen molar-refractivity contribution < 1.29 is 0 Å². The third-order valence-electron chi connectivity index (χ3n) is 2.25. The van der Waals surface area contributed by atoms with E-state index in [0.29, 0.717) is 0 Å². The van der Waals surface area contributed by atoms with Crippen molar-refractivity contribution in [2.24, 2.45) is 10.7 Å². The summed E-state index contributed by atoms with van der Waals surface area (Å²) in [6.45, 7) is 6.25. The summed E-state index contributed by atoms with van der Waals surface area (Å²) < 4.78 is 0. The summed E-state index contributed by atoms with van der Waals surface area (Å²) in [5, 5.41) is 0.837. The van der Waals surface area contributed by atoms with Crippen molar-refractivity contribution >= 4 is 17.6 Å².